The largest absolute Gasteiger partial charge is 0.377 e. The molecule has 2 aliphatic rings. The van der Waals surface area contributed by atoms with Gasteiger partial charge in [-0.3, -0.25) is 0 Å². The van der Waals surface area contributed by atoms with E-state index in [1.54, 1.807) is 22.7 Å². The molecule has 3 aromatic heterocycles. The Morgan fingerprint density at radius 3 is 3.00 bits per heavy atom. The molecule has 0 aliphatic carbocycles. The first-order valence-electron chi connectivity index (χ1n) is 8.83. The molecule has 7 heteroatoms. The van der Waals surface area contributed by atoms with Crippen LogP contribution in [-0.4, -0.2) is 35.3 Å². The lowest BCUT2D eigenvalue weighted by molar-refractivity contribution is -0.0368. The minimum absolute atomic E-state index is 0.00409. The predicted octanol–water partition coefficient (Wildman–Crippen LogP) is 4.41. The van der Waals surface area contributed by atoms with E-state index in [0.717, 1.165) is 46.9 Å². The zero-order valence-electron chi connectivity index (χ0n) is 14.4. The predicted molar refractivity (Wildman–Crippen MR) is 112 cm³/mol. The number of anilines is 2. The fraction of sp³-hybridized carbons (Fsp3) is 0.200. The number of hydrogen-bond acceptors (Lipinski definition) is 7. The monoisotopic (exact) mass is 392 g/mol. The van der Waals surface area contributed by atoms with Crippen molar-refractivity contribution in [1.29, 1.82) is 0 Å². The van der Waals surface area contributed by atoms with Gasteiger partial charge in [0.2, 0.25) is 0 Å². The van der Waals surface area contributed by atoms with E-state index in [9.17, 15) is 0 Å². The van der Waals surface area contributed by atoms with Gasteiger partial charge in [-0.05, 0) is 35.9 Å². The number of nitrogens with zero attached hydrogens (tertiary/aromatic N) is 2. The lowest BCUT2D eigenvalue weighted by Crippen LogP contribution is -2.58. The van der Waals surface area contributed by atoms with Gasteiger partial charge in [0, 0.05) is 28.7 Å². The summed E-state index contributed by atoms with van der Waals surface area (Å²) in [6.45, 7) is 2.40. The Labute approximate surface area is 163 Å². The van der Waals surface area contributed by atoms with Gasteiger partial charge in [-0.1, -0.05) is 6.08 Å². The van der Waals surface area contributed by atoms with Crippen molar-refractivity contribution in [2.45, 2.75) is 5.54 Å². The molecule has 1 aromatic carbocycles. The Bertz CT molecular complexity index is 1210. The molecule has 4 aromatic rings. The number of pyridine rings is 1. The summed E-state index contributed by atoms with van der Waals surface area (Å²) in [5.74, 6) is 0. The van der Waals surface area contributed by atoms with Crippen LogP contribution in [0, 0.1) is 0 Å². The van der Waals surface area contributed by atoms with Crippen molar-refractivity contribution in [3.8, 4) is 0 Å². The fourth-order valence-corrected chi connectivity index (χ4v) is 5.64. The third-order valence-electron chi connectivity index (χ3n) is 5.27. The maximum absolute atomic E-state index is 5.49. The molecule has 5 nitrogen and oxygen atoms in total. The maximum atomic E-state index is 5.49. The second kappa shape index (κ2) is 5.84. The van der Waals surface area contributed by atoms with E-state index in [-0.39, 0.29) is 5.54 Å². The van der Waals surface area contributed by atoms with Crippen molar-refractivity contribution in [1.82, 2.24) is 15.3 Å². The summed E-state index contributed by atoms with van der Waals surface area (Å²) in [5, 5.41) is 8.28. The number of hydrogen-bond donors (Lipinski definition) is 2. The highest BCUT2D eigenvalue weighted by atomic mass is 32.1. The summed E-state index contributed by atoms with van der Waals surface area (Å²) in [6.07, 6.45) is 4.16. The van der Waals surface area contributed by atoms with Crippen LogP contribution in [0.3, 0.4) is 0 Å². The van der Waals surface area contributed by atoms with Gasteiger partial charge in [-0.25, -0.2) is 9.97 Å². The van der Waals surface area contributed by atoms with Crippen LogP contribution in [0.1, 0.15) is 4.88 Å². The Kier molecular flexibility index (Phi) is 3.40. The summed E-state index contributed by atoms with van der Waals surface area (Å²) >= 11 is 3.41. The van der Waals surface area contributed by atoms with E-state index in [1.165, 1.54) is 15.2 Å². The molecule has 2 aliphatic heterocycles. The summed E-state index contributed by atoms with van der Waals surface area (Å²) in [7, 11) is 0. The van der Waals surface area contributed by atoms with Crippen LogP contribution in [0.15, 0.2) is 48.1 Å². The molecule has 0 bridgehead atoms. The molecule has 2 N–H and O–H groups in total. The normalized spacial score (nSPS) is 18.1. The van der Waals surface area contributed by atoms with E-state index < -0.39 is 0 Å². The highest BCUT2D eigenvalue weighted by Gasteiger charge is 2.45. The average molecular weight is 393 g/mol. The van der Waals surface area contributed by atoms with E-state index in [0.29, 0.717) is 0 Å². The van der Waals surface area contributed by atoms with Gasteiger partial charge in [0.05, 0.1) is 40.2 Å². The summed E-state index contributed by atoms with van der Waals surface area (Å²) < 4.78 is 6.69. The molecule has 1 fully saturated rings. The molecule has 6 rings (SSSR count). The minimum atomic E-state index is 0.00409. The van der Waals surface area contributed by atoms with E-state index in [4.69, 9.17) is 4.74 Å². The minimum Gasteiger partial charge on any atom is -0.377 e. The molecule has 0 radical (unpaired) electrons. The molecule has 1 spiro atoms. The molecule has 0 atom stereocenters. The number of rotatable bonds is 3. The fourth-order valence-electron chi connectivity index (χ4n) is 3.81. The standard InChI is InChI=1S/C20H16N4OS2/c1-2-17-16(22-11-26-17)7-12(1)24-15-4-5-21-19-13(15)8-18(27-19)14-3-6-23-20(14)9-25-10-20/h1-5,7-8,11,23H,6,9-10H2,(H,21,24). The van der Waals surface area contributed by atoms with Crippen LogP contribution in [0.4, 0.5) is 11.4 Å². The number of nitrogens with one attached hydrogen (secondary N) is 2. The van der Waals surface area contributed by atoms with Crippen LogP contribution >= 0.6 is 22.7 Å². The van der Waals surface area contributed by atoms with Crippen LogP contribution in [0.5, 0.6) is 0 Å². The van der Waals surface area contributed by atoms with Crippen LogP contribution < -0.4 is 10.6 Å². The van der Waals surface area contributed by atoms with Crippen LogP contribution in [-0.2, 0) is 4.74 Å². The summed E-state index contributed by atoms with van der Waals surface area (Å²) in [4.78, 5) is 11.3. The van der Waals surface area contributed by atoms with Gasteiger partial charge in [0.1, 0.15) is 4.83 Å². The topological polar surface area (TPSA) is 59.1 Å². The number of thiophene rings is 1. The highest BCUT2D eigenvalue weighted by Crippen LogP contribution is 2.42. The Balaban J connectivity index is 1.40. The molecular weight excluding hydrogens is 376 g/mol. The molecule has 0 saturated carbocycles. The van der Waals surface area contributed by atoms with Gasteiger partial charge in [0.25, 0.3) is 0 Å². The first-order valence-corrected chi connectivity index (χ1v) is 10.5. The third-order valence-corrected chi connectivity index (χ3v) is 7.16. The van der Waals surface area contributed by atoms with Gasteiger partial charge >= 0.3 is 0 Å². The Hall–Kier alpha value is -2.32. The summed E-state index contributed by atoms with van der Waals surface area (Å²) in [6, 6.07) is 10.6. The van der Waals surface area contributed by atoms with Gasteiger partial charge in [0.15, 0.2) is 0 Å². The Morgan fingerprint density at radius 1 is 1.15 bits per heavy atom. The zero-order chi connectivity index (χ0) is 17.8. The van der Waals surface area contributed by atoms with Crippen molar-refractivity contribution in [3.05, 3.63) is 53.0 Å². The van der Waals surface area contributed by atoms with E-state index >= 15 is 0 Å². The SMILES string of the molecule is C1=C(c2cc3c(Nc4ccc5scnc5c4)ccnc3s2)C2(COC2)NC1. The van der Waals surface area contributed by atoms with Gasteiger partial charge in [-0.15, -0.1) is 22.7 Å². The van der Waals surface area contributed by atoms with Crippen molar-refractivity contribution >= 4 is 60.1 Å². The zero-order valence-corrected chi connectivity index (χ0v) is 16.0. The quantitative estimate of drug-likeness (QED) is 0.541. The maximum Gasteiger partial charge on any atom is 0.125 e. The Morgan fingerprint density at radius 2 is 2.11 bits per heavy atom. The second-order valence-corrected chi connectivity index (χ2v) is 8.84. The van der Waals surface area contributed by atoms with Crippen LogP contribution in [0.25, 0.3) is 26.0 Å². The number of benzene rings is 1. The first-order chi connectivity index (χ1) is 13.3. The van der Waals surface area contributed by atoms with Crippen molar-refractivity contribution in [3.63, 3.8) is 0 Å². The molecule has 134 valence electrons. The van der Waals surface area contributed by atoms with Gasteiger partial charge < -0.3 is 15.4 Å². The van der Waals surface area contributed by atoms with Crippen LogP contribution in [0.2, 0.25) is 0 Å². The first kappa shape index (κ1) is 15.7. The third kappa shape index (κ3) is 2.43. The number of aromatic nitrogens is 2. The van der Waals surface area contributed by atoms with Crippen molar-refractivity contribution in [2.24, 2.45) is 0 Å². The van der Waals surface area contributed by atoms with Crippen molar-refractivity contribution in [2.75, 3.05) is 25.1 Å². The number of fused-ring (bicyclic) bond motifs is 2. The summed E-state index contributed by atoms with van der Waals surface area (Å²) in [5.41, 5.74) is 6.38. The molecule has 0 unspecified atom stereocenters. The average Bonchev–Trinajstić information content (AvgIpc) is 3.37. The second-order valence-electron chi connectivity index (χ2n) is 6.92. The lowest BCUT2D eigenvalue weighted by Gasteiger charge is -2.40. The number of ether oxygens (including phenoxy) is 1. The molecule has 27 heavy (non-hydrogen) atoms. The van der Waals surface area contributed by atoms with E-state index in [1.807, 2.05) is 17.8 Å². The molecule has 1 saturated heterocycles. The van der Waals surface area contributed by atoms with Crippen molar-refractivity contribution < 1.29 is 4.74 Å². The van der Waals surface area contributed by atoms with Gasteiger partial charge in [-0.2, -0.15) is 0 Å². The lowest BCUT2D eigenvalue weighted by atomic mass is 9.89. The molecular formula is C20H16N4OS2. The smallest absolute Gasteiger partial charge is 0.125 e. The molecule has 5 heterocycles. The molecule has 0 amide bonds. The number of thiazole rings is 1. The highest BCUT2D eigenvalue weighted by molar-refractivity contribution is 7.19. The van der Waals surface area contributed by atoms with E-state index in [2.05, 4.69) is 50.9 Å².